The molecule has 1 atom stereocenters. The van der Waals surface area contributed by atoms with Crippen molar-refractivity contribution in [1.82, 2.24) is 25.1 Å². The predicted molar refractivity (Wildman–Crippen MR) is 112 cm³/mol. The summed E-state index contributed by atoms with van der Waals surface area (Å²) in [6.07, 6.45) is 0. The highest BCUT2D eigenvalue weighted by Crippen LogP contribution is 2.30. The normalized spacial score (nSPS) is 16.5. The molecule has 1 unspecified atom stereocenters. The summed E-state index contributed by atoms with van der Waals surface area (Å²) in [6, 6.07) is 18.8. The van der Waals surface area contributed by atoms with Crippen molar-refractivity contribution in [2.45, 2.75) is 25.9 Å². The van der Waals surface area contributed by atoms with E-state index in [1.807, 2.05) is 28.9 Å². The third kappa shape index (κ3) is 3.88. The van der Waals surface area contributed by atoms with Crippen LogP contribution >= 0.6 is 11.6 Å². The number of nitrogens with zero attached hydrogens (tertiary/aromatic N) is 6. The van der Waals surface area contributed by atoms with E-state index >= 15 is 0 Å². The summed E-state index contributed by atoms with van der Waals surface area (Å²) >= 11 is 6.18. The number of aromatic nitrogens is 4. The number of tetrazole rings is 1. The van der Waals surface area contributed by atoms with Crippen LogP contribution in [0, 0.1) is 0 Å². The smallest absolute Gasteiger partial charge is 0.173 e. The topological polar surface area (TPSA) is 50.1 Å². The van der Waals surface area contributed by atoms with Crippen molar-refractivity contribution in [3.8, 4) is 0 Å². The van der Waals surface area contributed by atoms with Gasteiger partial charge < -0.3 is 4.90 Å². The van der Waals surface area contributed by atoms with E-state index in [2.05, 4.69) is 69.5 Å². The Labute approximate surface area is 170 Å². The van der Waals surface area contributed by atoms with Gasteiger partial charge in [-0.3, -0.25) is 4.90 Å². The Balaban J connectivity index is 1.59. The van der Waals surface area contributed by atoms with Crippen LogP contribution in [-0.4, -0.2) is 51.3 Å². The molecule has 2 heterocycles. The van der Waals surface area contributed by atoms with Crippen LogP contribution in [0.25, 0.3) is 0 Å². The Kier molecular flexibility index (Phi) is 5.59. The molecule has 1 fully saturated rings. The maximum atomic E-state index is 6.18. The van der Waals surface area contributed by atoms with E-state index in [1.54, 1.807) is 0 Å². The minimum absolute atomic E-state index is 0.0418. The van der Waals surface area contributed by atoms with Crippen LogP contribution in [0.4, 0.5) is 5.69 Å². The minimum Gasteiger partial charge on any atom is -0.369 e. The molecular weight excluding hydrogens is 372 g/mol. The SMILES string of the molecule is CC(C)n1nnnc1C(c1ccccc1)N1CCN(c2cccc(Cl)c2)CC1. The Hall–Kier alpha value is -2.44. The Morgan fingerprint density at radius 2 is 1.68 bits per heavy atom. The number of hydrogen-bond acceptors (Lipinski definition) is 5. The first kappa shape index (κ1) is 18.9. The molecule has 0 N–H and O–H groups in total. The number of benzene rings is 2. The lowest BCUT2D eigenvalue weighted by molar-refractivity contribution is 0.199. The number of hydrogen-bond donors (Lipinski definition) is 0. The van der Waals surface area contributed by atoms with Gasteiger partial charge in [-0.15, -0.1) is 5.10 Å². The van der Waals surface area contributed by atoms with Gasteiger partial charge in [0.2, 0.25) is 0 Å². The van der Waals surface area contributed by atoms with Gasteiger partial charge in [0.05, 0.1) is 12.1 Å². The molecule has 0 spiro atoms. The number of anilines is 1. The van der Waals surface area contributed by atoms with Gasteiger partial charge in [-0.05, 0) is 48.0 Å². The van der Waals surface area contributed by atoms with E-state index in [9.17, 15) is 0 Å². The van der Waals surface area contributed by atoms with Gasteiger partial charge in [-0.2, -0.15) is 0 Å². The first-order chi connectivity index (χ1) is 13.6. The first-order valence-corrected chi connectivity index (χ1v) is 10.1. The zero-order valence-corrected chi connectivity index (χ0v) is 17.0. The molecular formula is C21H25ClN6. The minimum atomic E-state index is 0.0418. The fraction of sp³-hybridized carbons (Fsp3) is 0.381. The highest BCUT2D eigenvalue weighted by Gasteiger charge is 2.31. The van der Waals surface area contributed by atoms with Crippen molar-refractivity contribution in [2.24, 2.45) is 0 Å². The lowest BCUT2D eigenvalue weighted by Crippen LogP contribution is -2.48. The van der Waals surface area contributed by atoms with E-state index in [0.717, 1.165) is 37.0 Å². The summed E-state index contributed by atoms with van der Waals surface area (Å²) in [6.45, 7) is 7.95. The Morgan fingerprint density at radius 1 is 0.929 bits per heavy atom. The molecule has 0 amide bonds. The van der Waals surface area contributed by atoms with E-state index in [1.165, 1.54) is 11.3 Å². The molecule has 1 aromatic heterocycles. The third-order valence-corrected chi connectivity index (χ3v) is 5.46. The van der Waals surface area contributed by atoms with Crippen molar-refractivity contribution in [3.05, 3.63) is 71.0 Å². The summed E-state index contributed by atoms with van der Waals surface area (Å²) in [5.41, 5.74) is 2.39. The molecule has 0 saturated carbocycles. The standard InChI is InChI=1S/C21H25ClN6/c1-16(2)28-21(23-24-25-28)20(17-7-4-3-5-8-17)27-13-11-26(12-14-27)19-10-6-9-18(22)15-19/h3-10,15-16,20H,11-14H2,1-2H3. The molecule has 1 saturated heterocycles. The summed E-state index contributed by atoms with van der Waals surface area (Å²) in [7, 11) is 0. The van der Waals surface area contributed by atoms with Gasteiger partial charge >= 0.3 is 0 Å². The molecule has 0 radical (unpaired) electrons. The van der Waals surface area contributed by atoms with Crippen LogP contribution in [0.3, 0.4) is 0 Å². The largest absolute Gasteiger partial charge is 0.369 e. The van der Waals surface area contributed by atoms with Crippen molar-refractivity contribution >= 4 is 17.3 Å². The van der Waals surface area contributed by atoms with E-state index in [4.69, 9.17) is 11.6 Å². The van der Waals surface area contributed by atoms with Crippen molar-refractivity contribution in [3.63, 3.8) is 0 Å². The average molecular weight is 397 g/mol. The lowest BCUT2D eigenvalue weighted by Gasteiger charge is -2.40. The van der Waals surface area contributed by atoms with E-state index in [-0.39, 0.29) is 12.1 Å². The van der Waals surface area contributed by atoms with Crippen LogP contribution in [-0.2, 0) is 0 Å². The molecule has 3 aromatic rings. The van der Waals surface area contributed by atoms with Crippen LogP contribution in [0.2, 0.25) is 5.02 Å². The van der Waals surface area contributed by atoms with Gasteiger partial charge in [0.25, 0.3) is 0 Å². The fourth-order valence-corrected chi connectivity index (χ4v) is 4.00. The molecule has 2 aromatic carbocycles. The summed E-state index contributed by atoms with van der Waals surface area (Å²) in [4.78, 5) is 4.86. The zero-order valence-electron chi connectivity index (χ0n) is 16.2. The summed E-state index contributed by atoms with van der Waals surface area (Å²) in [5.74, 6) is 0.900. The van der Waals surface area contributed by atoms with Crippen molar-refractivity contribution in [1.29, 1.82) is 0 Å². The Morgan fingerprint density at radius 3 is 2.36 bits per heavy atom. The summed E-state index contributed by atoms with van der Waals surface area (Å²) < 4.78 is 1.93. The second-order valence-corrected chi connectivity index (χ2v) is 7.83. The molecule has 28 heavy (non-hydrogen) atoms. The van der Waals surface area contributed by atoms with Crippen LogP contribution in [0.1, 0.15) is 37.3 Å². The first-order valence-electron chi connectivity index (χ1n) is 9.71. The molecule has 1 aliphatic heterocycles. The van der Waals surface area contributed by atoms with Gasteiger partial charge in [0.1, 0.15) is 0 Å². The molecule has 7 heteroatoms. The van der Waals surface area contributed by atoms with Gasteiger partial charge in [0, 0.05) is 36.9 Å². The zero-order chi connectivity index (χ0) is 19.5. The van der Waals surface area contributed by atoms with Crippen molar-refractivity contribution in [2.75, 3.05) is 31.1 Å². The lowest BCUT2D eigenvalue weighted by atomic mass is 10.0. The third-order valence-electron chi connectivity index (χ3n) is 5.22. The van der Waals surface area contributed by atoms with Gasteiger partial charge in [-0.1, -0.05) is 48.0 Å². The molecule has 1 aliphatic rings. The highest BCUT2D eigenvalue weighted by atomic mass is 35.5. The molecule has 0 bridgehead atoms. The molecule has 146 valence electrons. The molecule has 4 rings (SSSR count). The van der Waals surface area contributed by atoms with E-state index < -0.39 is 0 Å². The van der Waals surface area contributed by atoms with Crippen LogP contribution in [0.5, 0.6) is 0 Å². The van der Waals surface area contributed by atoms with Gasteiger partial charge in [-0.25, -0.2) is 4.68 Å². The van der Waals surface area contributed by atoms with Crippen LogP contribution < -0.4 is 4.90 Å². The number of halogens is 1. The number of piperazine rings is 1. The fourth-order valence-electron chi connectivity index (χ4n) is 3.82. The predicted octanol–water partition coefficient (Wildman–Crippen LogP) is 3.82. The molecule has 6 nitrogen and oxygen atoms in total. The number of rotatable bonds is 5. The highest BCUT2D eigenvalue weighted by molar-refractivity contribution is 6.30. The summed E-state index contributed by atoms with van der Waals surface area (Å²) in [5, 5.41) is 13.4. The quantitative estimate of drug-likeness (QED) is 0.656. The van der Waals surface area contributed by atoms with Crippen LogP contribution in [0.15, 0.2) is 54.6 Å². The molecule has 0 aliphatic carbocycles. The maximum Gasteiger partial charge on any atom is 0.173 e. The van der Waals surface area contributed by atoms with Crippen molar-refractivity contribution < 1.29 is 0 Å². The second-order valence-electron chi connectivity index (χ2n) is 7.39. The monoisotopic (exact) mass is 396 g/mol. The maximum absolute atomic E-state index is 6.18. The van der Waals surface area contributed by atoms with Gasteiger partial charge in [0.15, 0.2) is 5.82 Å². The second kappa shape index (κ2) is 8.29. The van der Waals surface area contributed by atoms with E-state index in [0.29, 0.717) is 0 Å². The average Bonchev–Trinajstić information content (AvgIpc) is 3.19. The Bertz CT molecular complexity index is 902.